The highest BCUT2D eigenvalue weighted by Gasteiger charge is 2.29. The van der Waals surface area contributed by atoms with Crippen LogP contribution in [0.15, 0.2) is 42.5 Å². The summed E-state index contributed by atoms with van der Waals surface area (Å²) in [5.41, 5.74) is 2.49. The number of hydrogen-bond donors (Lipinski definition) is 0. The van der Waals surface area contributed by atoms with Crippen molar-refractivity contribution in [1.82, 2.24) is 0 Å². The first-order valence-corrected chi connectivity index (χ1v) is 8.35. The van der Waals surface area contributed by atoms with Crippen LogP contribution >= 0.6 is 0 Å². The number of rotatable bonds is 5. The molecule has 0 amide bonds. The van der Waals surface area contributed by atoms with Gasteiger partial charge in [-0.2, -0.15) is 0 Å². The average molecular weight is 343 g/mol. The van der Waals surface area contributed by atoms with Crippen LogP contribution in [0.1, 0.15) is 17.5 Å². The minimum Gasteiger partial charge on any atom is -0.497 e. The van der Waals surface area contributed by atoms with Crippen molar-refractivity contribution in [2.75, 3.05) is 32.2 Å². The zero-order valence-electron chi connectivity index (χ0n) is 14.5. The highest BCUT2D eigenvalue weighted by molar-refractivity contribution is 5.74. The Kier molecular flexibility index (Phi) is 5.22. The van der Waals surface area contributed by atoms with Crippen LogP contribution in [0.25, 0.3) is 0 Å². The van der Waals surface area contributed by atoms with Gasteiger partial charge in [0.05, 0.1) is 20.1 Å². The molecule has 0 aromatic heterocycles. The normalized spacial score (nSPS) is 16.8. The number of nitrogens with zero attached hydrogens (tertiary/aromatic N) is 1. The number of benzene rings is 2. The molecule has 4 nitrogen and oxygen atoms in total. The Bertz CT molecular complexity index is 745. The number of hydrogen-bond acceptors (Lipinski definition) is 4. The topological polar surface area (TPSA) is 38.8 Å². The molecule has 0 bridgehead atoms. The van der Waals surface area contributed by atoms with Crippen LogP contribution in [0.4, 0.5) is 10.1 Å². The van der Waals surface area contributed by atoms with E-state index in [1.54, 1.807) is 13.2 Å². The monoisotopic (exact) mass is 343 g/mol. The van der Waals surface area contributed by atoms with Gasteiger partial charge in [-0.25, -0.2) is 4.39 Å². The van der Waals surface area contributed by atoms with Gasteiger partial charge in [0.25, 0.3) is 0 Å². The molecule has 1 aliphatic heterocycles. The third-order valence-electron chi connectivity index (χ3n) is 4.68. The summed E-state index contributed by atoms with van der Waals surface area (Å²) in [4.78, 5) is 13.7. The maximum Gasteiger partial charge on any atom is 0.310 e. The molecule has 0 radical (unpaired) electrons. The second kappa shape index (κ2) is 7.55. The van der Waals surface area contributed by atoms with Crippen molar-refractivity contribution in [3.8, 4) is 5.75 Å². The molecule has 0 aliphatic carbocycles. The van der Waals surface area contributed by atoms with Crippen molar-refractivity contribution < 1.29 is 18.7 Å². The molecule has 132 valence electrons. The molecular weight excluding hydrogens is 321 g/mol. The Morgan fingerprint density at radius 2 is 1.96 bits per heavy atom. The molecule has 0 N–H and O–H groups in total. The van der Waals surface area contributed by atoms with Crippen LogP contribution in [0.5, 0.6) is 5.75 Å². The Morgan fingerprint density at radius 1 is 1.20 bits per heavy atom. The molecule has 2 aromatic carbocycles. The molecule has 1 saturated heterocycles. The molecule has 2 aromatic rings. The number of ether oxygens (including phenoxy) is 2. The molecule has 1 fully saturated rings. The van der Waals surface area contributed by atoms with Gasteiger partial charge in [-0.1, -0.05) is 18.2 Å². The van der Waals surface area contributed by atoms with Crippen LogP contribution in [0.2, 0.25) is 0 Å². The molecule has 5 heteroatoms. The Hall–Kier alpha value is -2.56. The lowest BCUT2D eigenvalue weighted by Gasteiger charge is -2.19. The summed E-state index contributed by atoms with van der Waals surface area (Å²) in [6, 6.07) is 12.9. The van der Waals surface area contributed by atoms with E-state index in [1.807, 2.05) is 41.3 Å². The summed E-state index contributed by atoms with van der Waals surface area (Å²) < 4.78 is 24.4. The summed E-state index contributed by atoms with van der Waals surface area (Å²) in [5.74, 6) is 0.231. The van der Waals surface area contributed by atoms with Gasteiger partial charge in [-0.05, 0) is 41.8 Å². The summed E-state index contributed by atoms with van der Waals surface area (Å²) >= 11 is 0. The number of anilines is 1. The van der Waals surface area contributed by atoms with Gasteiger partial charge < -0.3 is 14.4 Å². The lowest BCUT2D eigenvalue weighted by molar-refractivity contribution is -0.144. The van der Waals surface area contributed by atoms with Gasteiger partial charge in [0.2, 0.25) is 0 Å². The van der Waals surface area contributed by atoms with E-state index < -0.39 is 0 Å². The van der Waals surface area contributed by atoms with E-state index >= 15 is 0 Å². The van der Waals surface area contributed by atoms with E-state index in [9.17, 15) is 9.18 Å². The van der Waals surface area contributed by atoms with Crippen LogP contribution in [0.3, 0.4) is 0 Å². The van der Waals surface area contributed by atoms with Crippen molar-refractivity contribution in [2.45, 2.75) is 12.8 Å². The Morgan fingerprint density at radius 3 is 2.60 bits per heavy atom. The van der Waals surface area contributed by atoms with Crippen molar-refractivity contribution in [2.24, 2.45) is 5.92 Å². The van der Waals surface area contributed by atoms with E-state index in [-0.39, 0.29) is 17.7 Å². The van der Waals surface area contributed by atoms with E-state index in [0.717, 1.165) is 30.0 Å². The predicted molar refractivity (Wildman–Crippen MR) is 94.5 cm³/mol. The first-order valence-electron chi connectivity index (χ1n) is 8.35. The van der Waals surface area contributed by atoms with E-state index in [2.05, 4.69) is 0 Å². The second-order valence-electron chi connectivity index (χ2n) is 6.26. The highest BCUT2D eigenvalue weighted by Crippen LogP contribution is 2.27. The molecular formula is C20H22FNO3. The summed E-state index contributed by atoms with van der Waals surface area (Å²) in [6.07, 6.45) is 1.27. The van der Waals surface area contributed by atoms with Gasteiger partial charge in [0.15, 0.2) is 0 Å². The SMILES string of the molecule is COC(=O)[C@H]1CCN(c2ccc(Cc3ccc(OC)cc3)c(F)c2)C1. The van der Waals surface area contributed by atoms with Crippen LogP contribution in [-0.4, -0.2) is 33.3 Å². The van der Waals surface area contributed by atoms with Crippen molar-refractivity contribution >= 4 is 11.7 Å². The third-order valence-corrected chi connectivity index (χ3v) is 4.68. The van der Waals surface area contributed by atoms with Crippen LogP contribution in [0, 0.1) is 11.7 Å². The summed E-state index contributed by atoms with van der Waals surface area (Å²) in [7, 11) is 3.02. The second-order valence-corrected chi connectivity index (χ2v) is 6.26. The van der Waals surface area contributed by atoms with Crippen LogP contribution in [-0.2, 0) is 16.0 Å². The molecule has 1 heterocycles. The minimum atomic E-state index is -0.227. The van der Waals surface area contributed by atoms with E-state index in [0.29, 0.717) is 18.5 Å². The smallest absolute Gasteiger partial charge is 0.310 e. The molecule has 1 atom stereocenters. The molecule has 0 saturated carbocycles. The Balaban J connectivity index is 1.69. The predicted octanol–water partition coefficient (Wildman–Crippen LogP) is 3.42. The molecule has 0 unspecified atom stereocenters. The van der Waals surface area contributed by atoms with Gasteiger partial charge in [-0.15, -0.1) is 0 Å². The highest BCUT2D eigenvalue weighted by atomic mass is 19.1. The van der Waals surface area contributed by atoms with E-state index in [1.165, 1.54) is 7.11 Å². The quantitative estimate of drug-likeness (QED) is 0.780. The number of methoxy groups -OCH3 is 2. The molecule has 0 spiro atoms. The van der Waals surface area contributed by atoms with Gasteiger partial charge in [0.1, 0.15) is 11.6 Å². The first-order chi connectivity index (χ1) is 12.1. The number of carbonyl (C=O) groups is 1. The molecule has 25 heavy (non-hydrogen) atoms. The van der Waals surface area contributed by atoms with Gasteiger partial charge in [-0.3, -0.25) is 4.79 Å². The van der Waals surface area contributed by atoms with E-state index in [4.69, 9.17) is 9.47 Å². The number of carbonyl (C=O) groups excluding carboxylic acids is 1. The zero-order chi connectivity index (χ0) is 17.8. The maximum absolute atomic E-state index is 14.5. The van der Waals surface area contributed by atoms with Gasteiger partial charge >= 0.3 is 5.97 Å². The minimum absolute atomic E-state index is 0.132. The Labute approximate surface area is 147 Å². The van der Waals surface area contributed by atoms with Crippen molar-refractivity contribution in [3.05, 3.63) is 59.4 Å². The standard InChI is InChI=1S/C20H22FNO3/c1-24-18-7-3-14(4-8-18)11-15-5-6-17(12-19(15)21)22-10-9-16(13-22)20(23)25-2/h3-8,12,16H,9-11,13H2,1-2H3/t16-/m0/s1. The largest absolute Gasteiger partial charge is 0.497 e. The zero-order valence-corrected chi connectivity index (χ0v) is 14.5. The van der Waals surface area contributed by atoms with Crippen molar-refractivity contribution in [3.63, 3.8) is 0 Å². The first kappa shape index (κ1) is 17.3. The molecule has 1 aliphatic rings. The van der Waals surface area contributed by atoms with Gasteiger partial charge in [0, 0.05) is 25.2 Å². The fourth-order valence-electron chi connectivity index (χ4n) is 3.19. The molecule has 3 rings (SSSR count). The summed E-state index contributed by atoms with van der Waals surface area (Å²) in [5, 5.41) is 0. The maximum atomic E-state index is 14.5. The fourth-order valence-corrected chi connectivity index (χ4v) is 3.19. The van der Waals surface area contributed by atoms with Crippen molar-refractivity contribution in [1.29, 1.82) is 0 Å². The fraction of sp³-hybridized carbons (Fsp3) is 0.350. The number of esters is 1. The lowest BCUT2D eigenvalue weighted by Crippen LogP contribution is -2.23. The third kappa shape index (κ3) is 3.92. The number of halogens is 1. The average Bonchev–Trinajstić information content (AvgIpc) is 3.13. The van der Waals surface area contributed by atoms with Crippen LogP contribution < -0.4 is 9.64 Å². The summed E-state index contributed by atoms with van der Waals surface area (Å²) in [6.45, 7) is 1.31. The lowest BCUT2D eigenvalue weighted by atomic mass is 10.0.